The van der Waals surface area contributed by atoms with Gasteiger partial charge in [0.05, 0.1) is 12.2 Å². The molecule has 1 saturated heterocycles. The fourth-order valence-electron chi connectivity index (χ4n) is 2.97. The predicted molar refractivity (Wildman–Crippen MR) is 81.5 cm³/mol. The fraction of sp³-hybridized carbons (Fsp3) is 0.375. The van der Waals surface area contributed by atoms with Gasteiger partial charge < -0.3 is 14.4 Å². The molecule has 0 spiro atoms. The van der Waals surface area contributed by atoms with E-state index in [9.17, 15) is 14.7 Å². The van der Waals surface area contributed by atoms with Crippen LogP contribution in [-0.4, -0.2) is 28.4 Å². The molecule has 6 heteroatoms. The highest BCUT2D eigenvalue weighted by molar-refractivity contribution is 7.09. The number of hydrogen-bond acceptors (Lipinski definition) is 4. The van der Waals surface area contributed by atoms with Crippen LogP contribution < -0.4 is 0 Å². The van der Waals surface area contributed by atoms with Crippen LogP contribution in [0.3, 0.4) is 0 Å². The van der Waals surface area contributed by atoms with Crippen LogP contribution in [0.2, 0.25) is 0 Å². The summed E-state index contributed by atoms with van der Waals surface area (Å²) in [6, 6.07) is 6.95. The fourth-order valence-corrected chi connectivity index (χ4v) is 3.67. The Morgan fingerprint density at radius 2 is 2.27 bits per heavy atom. The number of furan rings is 1. The molecule has 0 saturated carbocycles. The lowest BCUT2D eigenvalue weighted by Crippen LogP contribution is -2.46. The Balaban J connectivity index is 1.85. The van der Waals surface area contributed by atoms with Crippen LogP contribution >= 0.6 is 11.3 Å². The van der Waals surface area contributed by atoms with Gasteiger partial charge >= 0.3 is 5.97 Å². The van der Waals surface area contributed by atoms with Gasteiger partial charge in [0.1, 0.15) is 11.8 Å². The Morgan fingerprint density at radius 1 is 1.41 bits per heavy atom. The Hall–Kier alpha value is -2.08. The lowest BCUT2D eigenvalue weighted by atomic mass is 9.87. The summed E-state index contributed by atoms with van der Waals surface area (Å²) in [6.07, 6.45) is 2.88. The van der Waals surface area contributed by atoms with Gasteiger partial charge in [0.25, 0.3) is 0 Å². The van der Waals surface area contributed by atoms with Gasteiger partial charge in [-0.05, 0) is 36.4 Å². The number of nitrogens with zero attached hydrogens (tertiary/aromatic N) is 1. The van der Waals surface area contributed by atoms with Crippen LogP contribution in [0.1, 0.15) is 29.5 Å². The number of carboxylic acid groups (broad SMARTS) is 1. The third kappa shape index (κ3) is 2.92. The Bertz CT molecular complexity index is 635. The van der Waals surface area contributed by atoms with Crippen LogP contribution in [0, 0.1) is 5.92 Å². The van der Waals surface area contributed by atoms with Crippen LogP contribution in [0.5, 0.6) is 0 Å². The minimum atomic E-state index is -0.880. The zero-order valence-electron chi connectivity index (χ0n) is 12.0. The summed E-state index contributed by atoms with van der Waals surface area (Å²) in [5.41, 5.74) is 0. The third-order valence-electron chi connectivity index (χ3n) is 4.04. The molecule has 0 unspecified atom stereocenters. The van der Waals surface area contributed by atoms with Crippen molar-refractivity contribution in [3.05, 3.63) is 46.5 Å². The molecule has 116 valence electrons. The number of likely N-dealkylation sites (tertiary alicyclic amines) is 1. The van der Waals surface area contributed by atoms with Crippen molar-refractivity contribution >= 4 is 23.2 Å². The van der Waals surface area contributed by atoms with E-state index in [0.717, 1.165) is 6.42 Å². The SMILES string of the molecule is O=C(O)[C@H]1CCC(=O)N(CCc2cccs2)[C@@H]1c1ccco1. The van der Waals surface area contributed by atoms with E-state index in [0.29, 0.717) is 18.7 Å². The maximum Gasteiger partial charge on any atom is 0.309 e. The van der Waals surface area contributed by atoms with Crippen molar-refractivity contribution in [1.29, 1.82) is 0 Å². The summed E-state index contributed by atoms with van der Waals surface area (Å²) >= 11 is 1.64. The minimum Gasteiger partial charge on any atom is -0.481 e. The smallest absolute Gasteiger partial charge is 0.309 e. The summed E-state index contributed by atoms with van der Waals surface area (Å²) in [5, 5.41) is 11.5. The number of aliphatic carboxylic acids is 1. The number of carbonyl (C=O) groups excluding carboxylic acids is 1. The molecule has 1 amide bonds. The largest absolute Gasteiger partial charge is 0.481 e. The van der Waals surface area contributed by atoms with Crippen molar-refractivity contribution in [3.63, 3.8) is 0 Å². The van der Waals surface area contributed by atoms with E-state index in [1.165, 1.54) is 11.1 Å². The highest BCUT2D eigenvalue weighted by Gasteiger charge is 2.41. The number of rotatable bonds is 5. The first-order valence-corrected chi connectivity index (χ1v) is 8.13. The van der Waals surface area contributed by atoms with Gasteiger partial charge in [0, 0.05) is 17.8 Å². The lowest BCUT2D eigenvalue weighted by Gasteiger charge is -2.38. The molecule has 1 N–H and O–H groups in total. The standard InChI is InChI=1S/C16H17NO4S/c18-14-6-5-12(16(19)20)15(13-4-1-9-21-13)17(14)8-7-11-3-2-10-22-11/h1-4,9-10,12,15H,5-8H2,(H,19,20)/t12-,15-/m0/s1. The van der Waals surface area contributed by atoms with E-state index in [-0.39, 0.29) is 12.3 Å². The molecule has 3 rings (SSSR count). The quantitative estimate of drug-likeness (QED) is 0.920. The van der Waals surface area contributed by atoms with E-state index >= 15 is 0 Å². The molecule has 1 aliphatic rings. The molecule has 2 aromatic heterocycles. The second-order valence-corrected chi connectivity index (χ2v) is 6.39. The van der Waals surface area contributed by atoms with Gasteiger partial charge in [0.2, 0.25) is 5.91 Å². The van der Waals surface area contributed by atoms with Crippen LogP contribution in [0.4, 0.5) is 0 Å². The highest BCUT2D eigenvalue weighted by Crippen LogP contribution is 2.37. The molecule has 22 heavy (non-hydrogen) atoms. The zero-order chi connectivity index (χ0) is 15.5. The van der Waals surface area contributed by atoms with Crippen LogP contribution in [0.25, 0.3) is 0 Å². The van der Waals surface area contributed by atoms with Gasteiger partial charge in [0.15, 0.2) is 0 Å². The molecule has 0 radical (unpaired) electrons. The Morgan fingerprint density at radius 3 is 2.91 bits per heavy atom. The van der Waals surface area contributed by atoms with E-state index in [4.69, 9.17) is 4.42 Å². The predicted octanol–water partition coefficient (Wildman–Crippen LogP) is 2.95. The zero-order valence-corrected chi connectivity index (χ0v) is 12.8. The summed E-state index contributed by atoms with van der Waals surface area (Å²) in [4.78, 5) is 26.7. The first kappa shape index (κ1) is 14.8. The number of piperidine rings is 1. The highest BCUT2D eigenvalue weighted by atomic mass is 32.1. The van der Waals surface area contributed by atoms with Crippen LogP contribution in [-0.2, 0) is 16.0 Å². The molecular weight excluding hydrogens is 302 g/mol. The van der Waals surface area contributed by atoms with Gasteiger partial charge in [-0.3, -0.25) is 9.59 Å². The van der Waals surface area contributed by atoms with Crippen molar-refractivity contribution in [1.82, 2.24) is 4.90 Å². The Kier molecular flexibility index (Phi) is 4.29. The number of amides is 1. The molecule has 0 aliphatic carbocycles. The van der Waals surface area contributed by atoms with Gasteiger partial charge in [-0.15, -0.1) is 11.3 Å². The molecular formula is C16H17NO4S. The molecule has 1 aliphatic heterocycles. The van der Waals surface area contributed by atoms with Crippen molar-refractivity contribution in [2.24, 2.45) is 5.92 Å². The first-order valence-electron chi connectivity index (χ1n) is 7.25. The molecule has 1 fully saturated rings. The second-order valence-electron chi connectivity index (χ2n) is 5.36. The van der Waals surface area contributed by atoms with Crippen molar-refractivity contribution in [3.8, 4) is 0 Å². The third-order valence-corrected chi connectivity index (χ3v) is 4.97. The molecule has 3 heterocycles. The number of hydrogen-bond donors (Lipinski definition) is 1. The molecule has 2 atom stereocenters. The van der Waals surface area contributed by atoms with E-state index in [2.05, 4.69) is 0 Å². The molecule has 5 nitrogen and oxygen atoms in total. The average Bonchev–Trinajstić information content (AvgIpc) is 3.18. The summed E-state index contributed by atoms with van der Waals surface area (Å²) < 4.78 is 5.41. The summed E-state index contributed by atoms with van der Waals surface area (Å²) in [7, 11) is 0. The maximum absolute atomic E-state index is 12.3. The molecule has 2 aromatic rings. The topological polar surface area (TPSA) is 70.8 Å². The van der Waals surface area contributed by atoms with Gasteiger partial charge in [-0.2, -0.15) is 0 Å². The van der Waals surface area contributed by atoms with Crippen molar-refractivity contribution in [2.45, 2.75) is 25.3 Å². The minimum absolute atomic E-state index is 0.00421. The molecule has 0 bridgehead atoms. The van der Waals surface area contributed by atoms with Crippen molar-refractivity contribution in [2.75, 3.05) is 6.54 Å². The van der Waals surface area contributed by atoms with Crippen LogP contribution in [0.15, 0.2) is 40.3 Å². The average molecular weight is 319 g/mol. The normalized spacial score (nSPS) is 22.0. The van der Waals surface area contributed by atoms with E-state index in [1.807, 2.05) is 17.5 Å². The van der Waals surface area contributed by atoms with E-state index in [1.54, 1.807) is 28.4 Å². The number of carboxylic acids is 1. The second kappa shape index (κ2) is 6.36. The van der Waals surface area contributed by atoms with Crippen molar-refractivity contribution < 1.29 is 19.1 Å². The monoisotopic (exact) mass is 319 g/mol. The molecule has 0 aromatic carbocycles. The Labute approximate surface area is 132 Å². The first-order chi connectivity index (χ1) is 10.7. The van der Waals surface area contributed by atoms with E-state index < -0.39 is 17.9 Å². The van der Waals surface area contributed by atoms with Gasteiger partial charge in [-0.25, -0.2) is 0 Å². The maximum atomic E-state index is 12.3. The lowest BCUT2D eigenvalue weighted by molar-refractivity contribution is -0.152. The number of thiophene rings is 1. The summed E-state index contributed by atoms with van der Waals surface area (Å²) in [5.74, 6) is -0.954. The van der Waals surface area contributed by atoms with Gasteiger partial charge in [-0.1, -0.05) is 6.07 Å². The number of carbonyl (C=O) groups is 2. The summed E-state index contributed by atoms with van der Waals surface area (Å²) in [6.45, 7) is 0.508.